The van der Waals surface area contributed by atoms with Gasteiger partial charge < -0.3 is 20.5 Å². The minimum atomic E-state index is -0.924. The Kier molecular flexibility index (Phi) is 9.93. The number of aryl methyl sites for hydroxylation is 2. The Labute approximate surface area is 311 Å². The van der Waals surface area contributed by atoms with Gasteiger partial charge >= 0.3 is 0 Å². The standard InChI is InChI=1S/C40H44N8O6/c1-4-26-10-12-29(13-11-26)39(14-5-6-15-39)23-47-21-31(49)35(50)33(44-47)38(53)42-25-54-32-22-48(45-34(36(32)51)37(52)41-2)24-40(16-17-40)30-9-7-8-27(18-30)28-19-43-46(3)20-28/h7-13,18-22,49H,4-6,14-17,23-25H2,1-3H3,(H,41,52)(H,42,53). The fourth-order valence-electron chi connectivity index (χ4n) is 7.57. The summed E-state index contributed by atoms with van der Waals surface area (Å²) in [4.78, 5) is 52.3. The third-order valence-corrected chi connectivity index (χ3v) is 10.8. The van der Waals surface area contributed by atoms with E-state index in [1.54, 1.807) is 4.68 Å². The summed E-state index contributed by atoms with van der Waals surface area (Å²) in [5, 5.41) is 28.5. The van der Waals surface area contributed by atoms with E-state index in [-0.39, 0.29) is 22.3 Å². The maximum Gasteiger partial charge on any atom is 0.278 e. The number of aromatic nitrogens is 6. The van der Waals surface area contributed by atoms with Crippen LogP contribution in [0, 0.1) is 0 Å². The Morgan fingerprint density at radius 3 is 2.13 bits per heavy atom. The van der Waals surface area contributed by atoms with Gasteiger partial charge in [-0.15, -0.1) is 0 Å². The SMILES string of the molecule is CCc1ccc(C2(Cn3cc(O)c(=O)c(C(=O)NCOc4cn(CC5(c6cccc(-c7cnn(C)c7)c6)CC5)nc(C(=O)NC)c4=O)n3)CCCC2)cc1. The second-order valence-corrected chi connectivity index (χ2v) is 14.4. The molecule has 2 amide bonds. The van der Waals surface area contributed by atoms with Crippen molar-refractivity contribution >= 4 is 11.8 Å². The summed E-state index contributed by atoms with van der Waals surface area (Å²) in [6.07, 6.45) is 13.0. The lowest BCUT2D eigenvalue weighted by molar-refractivity contribution is 0.0903. The van der Waals surface area contributed by atoms with Crippen LogP contribution in [0.4, 0.5) is 0 Å². The molecule has 2 saturated carbocycles. The largest absolute Gasteiger partial charge is 0.503 e. The molecule has 0 aliphatic heterocycles. The smallest absolute Gasteiger partial charge is 0.278 e. The molecule has 7 rings (SSSR count). The van der Waals surface area contributed by atoms with Crippen molar-refractivity contribution in [1.29, 1.82) is 0 Å². The van der Waals surface area contributed by atoms with Crippen LogP contribution in [0.2, 0.25) is 0 Å². The van der Waals surface area contributed by atoms with Crippen LogP contribution < -0.4 is 26.2 Å². The second kappa shape index (κ2) is 14.8. The van der Waals surface area contributed by atoms with Gasteiger partial charge in [-0.2, -0.15) is 15.3 Å². The molecule has 3 N–H and O–H groups in total. The van der Waals surface area contributed by atoms with E-state index in [9.17, 15) is 24.3 Å². The fraction of sp³-hybridized carbons (Fsp3) is 0.375. The van der Waals surface area contributed by atoms with E-state index in [1.165, 1.54) is 34.4 Å². The van der Waals surface area contributed by atoms with Gasteiger partial charge in [-0.1, -0.05) is 68.3 Å². The van der Waals surface area contributed by atoms with Crippen molar-refractivity contribution in [2.45, 2.75) is 75.8 Å². The lowest BCUT2D eigenvalue weighted by Gasteiger charge is -2.30. The molecule has 280 valence electrons. The van der Waals surface area contributed by atoms with E-state index in [0.717, 1.165) is 67.2 Å². The summed E-state index contributed by atoms with van der Waals surface area (Å²) in [5.41, 5.74) is 2.42. The van der Waals surface area contributed by atoms with E-state index in [4.69, 9.17) is 4.74 Å². The number of carbonyl (C=O) groups is 2. The van der Waals surface area contributed by atoms with E-state index >= 15 is 0 Å². The fourth-order valence-corrected chi connectivity index (χ4v) is 7.57. The van der Waals surface area contributed by atoms with Crippen LogP contribution in [0.3, 0.4) is 0 Å². The quantitative estimate of drug-likeness (QED) is 0.152. The highest BCUT2D eigenvalue weighted by Gasteiger charge is 2.45. The predicted molar refractivity (Wildman–Crippen MR) is 201 cm³/mol. The van der Waals surface area contributed by atoms with Crippen molar-refractivity contribution in [3.8, 4) is 22.6 Å². The van der Waals surface area contributed by atoms with Crippen molar-refractivity contribution in [2.24, 2.45) is 7.05 Å². The first-order chi connectivity index (χ1) is 26.0. The number of amides is 2. The maximum atomic E-state index is 13.3. The van der Waals surface area contributed by atoms with Crippen molar-refractivity contribution in [3.63, 3.8) is 0 Å². The molecule has 0 radical (unpaired) electrons. The zero-order chi connectivity index (χ0) is 38.0. The van der Waals surface area contributed by atoms with E-state index < -0.39 is 40.8 Å². The molecule has 5 aromatic rings. The highest BCUT2D eigenvalue weighted by molar-refractivity contribution is 5.92. The zero-order valence-electron chi connectivity index (χ0n) is 30.7. The van der Waals surface area contributed by atoms with E-state index in [0.29, 0.717) is 13.1 Å². The molecule has 14 nitrogen and oxygen atoms in total. The van der Waals surface area contributed by atoms with Gasteiger partial charge in [0, 0.05) is 36.7 Å². The number of ether oxygens (including phenoxy) is 1. The van der Waals surface area contributed by atoms with Gasteiger partial charge in [0.1, 0.15) is 0 Å². The molecule has 0 saturated heterocycles. The van der Waals surface area contributed by atoms with Gasteiger partial charge in [-0.25, -0.2) is 0 Å². The molecular weight excluding hydrogens is 688 g/mol. The van der Waals surface area contributed by atoms with E-state index in [2.05, 4.69) is 69.3 Å². The molecule has 2 aromatic carbocycles. The number of hydrogen-bond donors (Lipinski definition) is 3. The second-order valence-electron chi connectivity index (χ2n) is 14.4. The van der Waals surface area contributed by atoms with Crippen LogP contribution in [0.25, 0.3) is 11.1 Å². The minimum Gasteiger partial charge on any atom is -0.503 e. The lowest BCUT2D eigenvalue weighted by atomic mass is 9.78. The Morgan fingerprint density at radius 2 is 1.50 bits per heavy atom. The molecule has 0 unspecified atom stereocenters. The Hall–Kier alpha value is -6.05. The molecule has 3 heterocycles. The van der Waals surface area contributed by atoms with Gasteiger partial charge in [0.25, 0.3) is 22.7 Å². The first kappa shape index (κ1) is 36.3. The van der Waals surface area contributed by atoms with Gasteiger partial charge in [0.2, 0.25) is 0 Å². The van der Waals surface area contributed by atoms with Gasteiger partial charge in [0.05, 0.1) is 31.7 Å². The number of aromatic hydroxyl groups is 1. The molecule has 14 heteroatoms. The molecule has 2 fully saturated rings. The van der Waals surface area contributed by atoms with Gasteiger partial charge in [-0.05, 0) is 54.4 Å². The normalized spacial score (nSPS) is 15.5. The first-order valence-electron chi connectivity index (χ1n) is 18.3. The topological polar surface area (TPSA) is 175 Å². The average molecular weight is 733 g/mol. The van der Waals surface area contributed by atoms with Crippen LogP contribution in [0.1, 0.15) is 83.1 Å². The Bertz CT molecular complexity index is 2320. The lowest BCUT2D eigenvalue weighted by Crippen LogP contribution is -2.37. The van der Waals surface area contributed by atoms with Crippen molar-refractivity contribution in [3.05, 3.63) is 122 Å². The third-order valence-electron chi connectivity index (χ3n) is 10.8. The number of nitrogens with one attached hydrogen (secondary N) is 2. The number of rotatable bonds is 13. The summed E-state index contributed by atoms with van der Waals surface area (Å²) >= 11 is 0. The summed E-state index contributed by atoms with van der Waals surface area (Å²) in [6.45, 7) is 2.33. The van der Waals surface area contributed by atoms with Crippen LogP contribution in [0.15, 0.2) is 82.9 Å². The summed E-state index contributed by atoms with van der Waals surface area (Å²) < 4.78 is 10.5. The first-order valence-corrected chi connectivity index (χ1v) is 18.3. The highest BCUT2D eigenvalue weighted by Crippen LogP contribution is 2.50. The molecule has 3 aromatic heterocycles. The van der Waals surface area contributed by atoms with Crippen LogP contribution in [0.5, 0.6) is 11.5 Å². The number of hydrogen-bond acceptors (Lipinski definition) is 9. The maximum absolute atomic E-state index is 13.3. The molecule has 2 aliphatic rings. The summed E-state index contributed by atoms with van der Waals surface area (Å²) in [7, 11) is 3.27. The monoisotopic (exact) mass is 732 g/mol. The Balaban J connectivity index is 1.09. The predicted octanol–water partition coefficient (Wildman–Crippen LogP) is 3.84. The average Bonchev–Trinajstić information content (AvgIpc) is 3.57. The van der Waals surface area contributed by atoms with Crippen molar-refractivity contribution in [1.82, 2.24) is 40.0 Å². The van der Waals surface area contributed by atoms with Crippen molar-refractivity contribution < 1.29 is 19.4 Å². The third kappa shape index (κ3) is 7.28. The molecule has 2 aliphatic carbocycles. The van der Waals surface area contributed by atoms with Crippen molar-refractivity contribution in [2.75, 3.05) is 13.8 Å². The highest BCUT2D eigenvalue weighted by atomic mass is 16.5. The molecular formula is C40H44N8O6. The van der Waals surface area contributed by atoms with Gasteiger partial charge in [0.15, 0.2) is 29.6 Å². The summed E-state index contributed by atoms with van der Waals surface area (Å²) in [6, 6.07) is 16.7. The zero-order valence-corrected chi connectivity index (χ0v) is 30.7. The molecule has 54 heavy (non-hydrogen) atoms. The van der Waals surface area contributed by atoms with E-state index in [1.807, 2.05) is 31.6 Å². The molecule has 0 spiro atoms. The van der Waals surface area contributed by atoms with Gasteiger partial charge in [-0.3, -0.25) is 33.2 Å². The number of nitrogens with zero attached hydrogens (tertiary/aromatic N) is 6. The Morgan fingerprint density at radius 1 is 0.833 bits per heavy atom. The van der Waals surface area contributed by atoms with Crippen LogP contribution >= 0.6 is 0 Å². The van der Waals surface area contributed by atoms with Crippen LogP contribution in [-0.2, 0) is 37.4 Å². The number of benzene rings is 2. The number of carbonyl (C=O) groups excluding carboxylic acids is 2. The summed E-state index contributed by atoms with van der Waals surface area (Å²) in [5.74, 6) is -2.37. The minimum absolute atomic E-state index is 0.206. The van der Waals surface area contributed by atoms with Crippen LogP contribution in [-0.4, -0.2) is 60.0 Å². The molecule has 0 atom stereocenters. The molecule has 0 bridgehead atoms.